The molecule has 0 aliphatic heterocycles. The average molecular weight is 333 g/mol. The van der Waals surface area contributed by atoms with Gasteiger partial charge in [0.2, 0.25) is 0 Å². The number of carbonyl (C=O) groups excluding carboxylic acids is 1. The maximum absolute atomic E-state index is 12.1. The minimum atomic E-state index is -0.373. The molecule has 1 N–H and O–H groups in total. The minimum Gasteiger partial charge on any atom is -0.497 e. The van der Waals surface area contributed by atoms with E-state index in [1.54, 1.807) is 57.5 Å². The molecule has 120 valence electrons. The summed E-state index contributed by atoms with van der Waals surface area (Å²) in [6.45, 7) is 1.78. The molecular formula is C17H17ClN2O3. The summed E-state index contributed by atoms with van der Waals surface area (Å²) in [6, 6.07) is 12.2. The van der Waals surface area contributed by atoms with E-state index in [1.807, 2.05) is 6.07 Å². The zero-order valence-corrected chi connectivity index (χ0v) is 13.8. The van der Waals surface area contributed by atoms with Crippen LogP contribution in [0, 0.1) is 0 Å². The van der Waals surface area contributed by atoms with Crippen LogP contribution in [0.25, 0.3) is 0 Å². The Morgan fingerprint density at radius 1 is 1.09 bits per heavy atom. The first kappa shape index (κ1) is 16.8. The van der Waals surface area contributed by atoms with Crippen LogP contribution in [0.3, 0.4) is 0 Å². The third-order valence-corrected chi connectivity index (χ3v) is 3.57. The van der Waals surface area contributed by atoms with Gasteiger partial charge in [0, 0.05) is 11.6 Å². The molecule has 2 aromatic rings. The van der Waals surface area contributed by atoms with Gasteiger partial charge in [-0.3, -0.25) is 4.79 Å². The lowest BCUT2D eigenvalue weighted by atomic mass is 10.1. The van der Waals surface area contributed by atoms with Crippen LogP contribution in [-0.4, -0.2) is 25.8 Å². The van der Waals surface area contributed by atoms with Gasteiger partial charge in [-0.15, -0.1) is 0 Å². The molecule has 2 rings (SSSR count). The highest BCUT2D eigenvalue weighted by molar-refractivity contribution is 6.33. The Labute approximate surface area is 139 Å². The molecule has 0 fully saturated rings. The van der Waals surface area contributed by atoms with Crippen molar-refractivity contribution in [1.29, 1.82) is 0 Å². The highest BCUT2D eigenvalue weighted by Crippen LogP contribution is 2.25. The van der Waals surface area contributed by atoms with Crippen LogP contribution >= 0.6 is 11.6 Å². The summed E-state index contributed by atoms with van der Waals surface area (Å²) < 4.78 is 10.5. The number of nitrogens with one attached hydrogen (secondary N) is 1. The smallest absolute Gasteiger partial charge is 0.272 e. The van der Waals surface area contributed by atoms with Crippen LogP contribution in [0.1, 0.15) is 22.8 Å². The van der Waals surface area contributed by atoms with E-state index in [2.05, 4.69) is 10.5 Å². The minimum absolute atomic E-state index is 0.368. The number of benzene rings is 2. The van der Waals surface area contributed by atoms with Gasteiger partial charge in [-0.25, -0.2) is 5.43 Å². The molecular weight excluding hydrogens is 316 g/mol. The Hall–Kier alpha value is -2.53. The number of halogens is 1. The van der Waals surface area contributed by atoms with Gasteiger partial charge in [0.1, 0.15) is 11.5 Å². The van der Waals surface area contributed by atoms with Crippen molar-refractivity contribution in [2.24, 2.45) is 5.10 Å². The van der Waals surface area contributed by atoms with Gasteiger partial charge in [0.05, 0.1) is 30.5 Å². The number of methoxy groups -OCH3 is 2. The van der Waals surface area contributed by atoms with Crippen LogP contribution in [0.4, 0.5) is 0 Å². The molecule has 0 aromatic heterocycles. The quantitative estimate of drug-likeness (QED) is 0.673. The SMILES string of the molecule is COc1ccc(C(C)=NNC(=O)c2ccccc2Cl)c(OC)c1. The van der Waals surface area contributed by atoms with Crippen molar-refractivity contribution in [3.8, 4) is 11.5 Å². The molecule has 0 bridgehead atoms. The fourth-order valence-corrected chi connectivity index (χ4v) is 2.22. The first-order valence-electron chi connectivity index (χ1n) is 6.88. The second kappa shape index (κ2) is 7.65. The van der Waals surface area contributed by atoms with Gasteiger partial charge in [-0.05, 0) is 31.2 Å². The Bertz CT molecular complexity index is 744. The first-order valence-corrected chi connectivity index (χ1v) is 7.26. The lowest BCUT2D eigenvalue weighted by molar-refractivity contribution is 0.0955. The average Bonchev–Trinajstić information content (AvgIpc) is 2.59. The second-order valence-corrected chi connectivity index (χ2v) is 5.09. The number of nitrogens with zero attached hydrogens (tertiary/aromatic N) is 1. The second-order valence-electron chi connectivity index (χ2n) is 4.68. The Balaban J connectivity index is 2.20. The monoisotopic (exact) mass is 332 g/mol. The number of amides is 1. The van der Waals surface area contributed by atoms with E-state index in [4.69, 9.17) is 21.1 Å². The molecule has 6 heteroatoms. The number of carbonyl (C=O) groups is 1. The van der Waals surface area contributed by atoms with Gasteiger partial charge in [-0.2, -0.15) is 5.10 Å². The number of hydrogen-bond donors (Lipinski definition) is 1. The van der Waals surface area contributed by atoms with Crippen molar-refractivity contribution in [2.45, 2.75) is 6.92 Å². The van der Waals surface area contributed by atoms with Crippen molar-refractivity contribution in [2.75, 3.05) is 14.2 Å². The van der Waals surface area contributed by atoms with E-state index in [0.29, 0.717) is 27.8 Å². The fraction of sp³-hybridized carbons (Fsp3) is 0.176. The molecule has 0 saturated heterocycles. The van der Waals surface area contributed by atoms with Gasteiger partial charge < -0.3 is 9.47 Å². The summed E-state index contributed by atoms with van der Waals surface area (Å²) in [5, 5.41) is 4.49. The Kier molecular flexibility index (Phi) is 5.60. The molecule has 0 heterocycles. The number of ether oxygens (including phenoxy) is 2. The molecule has 0 aliphatic carbocycles. The molecule has 1 amide bonds. The summed E-state index contributed by atoms with van der Waals surface area (Å²) in [5.74, 6) is 0.915. The van der Waals surface area contributed by atoms with Crippen LogP contribution < -0.4 is 14.9 Å². The topological polar surface area (TPSA) is 59.9 Å². The maximum Gasteiger partial charge on any atom is 0.272 e. The van der Waals surface area contributed by atoms with E-state index in [0.717, 1.165) is 5.56 Å². The molecule has 0 unspecified atom stereocenters. The van der Waals surface area contributed by atoms with Crippen LogP contribution in [0.2, 0.25) is 5.02 Å². The predicted octanol–water partition coefficient (Wildman–Crippen LogP) is 3.51. The molecule has 0 radical (unpaired) electrons. The fourth-order valence-electron chi connectivity index (χ4n) is 2.00. The molecule has 2 aromatic carbocycles. The summed E-state index contributed by atoms with van der Waals surface area (Å²) >= 11 is 5.99. The van der Waals surface area contributed by atoms with Gasteiger partial charge in [0.25, 0.3) is 5.91 Å². The van der Waals surface area contributed by atoms with E-state index in [9.17, 15) is 4.79 Å². The predicted molar refractivity (Wildman–Crippen MR) is 90.7 cm³/mol. The molecule has 0 saturated carbocycles. The molecule has 23 heavy (non-hydrogen) atoms. The lowest BCUT2D eigenvalue weighted by Crippen LogP contribution is -2.19. The number of hydrogen-bond acceptors (Lipinski definition) is 4. The number of rotatable bonds is 5. The summed E-state index contributed by atoms with van der Waals surface area (Å²) in [6.07, 6.45) is 0. The number of hydrazone groups is 1. The van der Waals surface area contributed by atoms with Gasteiger partial charge >= 0.3 is 0 Å². The maximum atomic E-state index is 12.1. The zero-order chi connectivity index (χ0) is 16.8. The van der Waals surface area contributed by atoms with Crippen LogP contribution in [0.5, 0.6) is 11.5 Å². The standard InChI is InChI=1S/C17H17ClN2O3/c1-11(13-9-8-12(22-2)10-16(13)23-3)19-20-17(21)14-6-4-5-7-15(14)18/h4-10H,1-3H3,(H,20,21). The van der Waals surface area contributed by atoms with E-state index >= 15 is 0 Å². The van der Waals surface area contributed by atoms with Crippen molar-refractivity contribution in [1.82, 2.24) is 5.43 Å². The normalized spacial score (nSPS) is 11.0. The van der Waals surface area contributed by atoms with Crippen LogP contribution in [-0.2, 0) is 0 Å². The highest BCUT2D eigenvalue weighted by Gasteiger charge is 2.11. The third kappa shape index (κ3) is 4.02. The van der Waals surface area contributed by atoms with Gasteiger partial charge in [0.15, 0.2) is 0 Å². The van der Waals surface area contributed by atoms with Crippen molar-refractivity contribution in [3.63, 3.8) is 0 Å². The van der Waals surface area contributed by atoms with Crippen LogP contribution in [0.15, 0.2) is 47.6 Å². The van der Waals surface area contributed by atoms with Crippen molar-refractivity contribution in [3.05, 3.63) is 58.6 Å². The highest BCUT2D eigenvalue weighted by atomic mass is 35.5. The molecule has 0 spiro atoms. The molecule has 5 nitrogen and oxygen atoms in total. The largest absolute Gasteiger partial charge is 0.497 e. The molecule has 0 aliphatic rings. The first-order chi connectivity index (χ1) is 11.1. The molecule has 0 atom stereocenters. The van der Waals surface area contributed by atoms with Crippen molar-refractivity contribution < 1.29 is 14.3 Å². The lowest BCUT2D eigenvalue weighted by Gasteiger charge is -2.10. The Morgan fingerprint density at radius 2 is 1.83 bits per heavy atom. The summed E-state index contributed by atoms with van der Waals surface area (Å²) in [4.78, 5) is 12.1. The third-order valence-electron chi connectivity index (χ3n) is 3.24. The zero-order valence-electron chi connectivity index (χ0n) is 13.1. The van der Waals surface area contributed by atoms with E-state index in [-0.39, 0.29) is 5.91 Å². The van der Waals surface area contributed by atoms with Crippen molar-refractivity contribution >= 4 is 23.2 Å². The van der Waals surface area contributed by atoms with E-state index in [1.165, 1.54) is 0 Å². The van der Waals surface area contributed by atoms with E-state index < -0.39 is 0 Å². The van der Waals surface area contributed by atoms with Gasteiger partial charge in [-0.1, -0.05) is 23.7 Å². The summed E-state index contributed by atoms with van der Waals surface area (Å²) in [5.41, 5.74) is 4.22. The summed E-state index contributed by atoms with van der Waals surface area (Å²) in [7, 11) is 3.15. The Morgan fingerprint density at radius 3 is 2.48 bits per heavy atom.